The largest absolute Gasteiger partial charge is 0.454 e. The molecule has 0 bridgehead atoms. The van der Waals surface area contributed by atoms with E-state index in [0.717, 1.165) is 21.4 Å². The van der Waals surface area contributed by atoms with E-state index in [1.54, 1.807) is 0 Å². The maximum absolute atomic E-state index is 14.6. The first-order valence-corrected chi connectivity index (χ1v) is 10.4. The van der Waals surface area contributed by atoms with Gasteiger partial charge in [0.05, 0.1) is 23.6 Å². The van der Waals surface area contributed by atoms with Crippen molar-refractivity contribution >= 4 is 44.0 Å². The van der Waals surface area contributed by atoms with Crippen molar-refractivity contribution in [2.75, 3.05) is 24.9 Å². The van der Waals surface area contributed by atoms with E-state index in [1.807, 2.05) is 18.2 Å². The summed E-state index contributed by atoms with van der Waals surface area (Å²) < 4.78 is 31.9. The fraction of sp³-hybridized carbons (Fsp3) is 0.238. The number of nitrogens with zero attached hydrogens (tertiary/aromatic N) is 2. The van der Waals surface area contributed by atoms with Gasteiger partial charge in [0.2, 0.25) is 6.79 Å². The van der Waals surface area contributed by atoms with Gasteiger partial charge in [0, 0.05) is 12.1 Å². The molecule has 0 atom stereocenters. The Labute approximate surface area is 174 Å². The van der Waals surface area contributed by atoms with Crippen molar-refractivity contribution in [2.24, 2.45) is 0 Å². The minimum absolute atomic E-state index is 0.141. The summed E-state index contributed by atoms with van der Waals surface area (Å²) >= 11 is 1.35. The number of carbonyl (C=O) groups is 1. The van der Waals surface area contributed by atoms with E-state index in [-0.39, 0.29) is 12.8 Å². The second-order valence-electron chi connectivity index (χ2n) is 7.14. The summed E-state index contributed by atoms with van der Waals surface area (Å²) in [5, 5.41) is 3.35. The molecule has 30 heavy (non-hydrogen) atoms. The second kappa shape index (κ2) is 6.68. The summed E-state index contributed by atoms with van der Waals surface area (Å²) in [6.07, 6.45) is 2.67. The third-order valence-electron chi connectivity index (χ3n) is 5.44. The maximum Gasteiger partial charge on any atom is 0.328 e. The number of hydrogen-bond acceptors (Lipinski definition) is 6. The Morgan fingerprint density at radius 3 is 3.03 bits per heavy atom. The van der Waals surface area contributed by atoms with Crippen molar-refractivity contribution in [1.29, 1.82) is 0 Å². The number of hydrogen-bond donors (Lipinski definition) is 1. The molecule has 152 valence electrons. The van der Waals surface area contributed by atoms with Gasteiger partial charge >= 0.3 is 6.03 Å². The molecule has 0 aliphatic carbocycles. The molecule has 4 heterocycles. The van der Waals surface area contributed by atoms with E-state index < -0.39 is 5.82 Å². The van der Waals surface area contributed by atoms with Gasteiger partial charge in [-0.25, -0.2) is 19.1 Å². The lowest BCUT2D eigenvalue weighted by atomic mass is 9.93. The van der Waals surface area contributed by atoms with Crippen molar-refractivity contribution in [3.63, 3.8) is 0 Å². The Morgan fingerprint density at radius 1 is 1.23 bits per heavy atom. The molecule has 0 fully saturated rings. The molecular weight excluding hydrogens is 409 g/mol. The number of urea groups is 1. The Hall–Kier alpha value is -3.17. The van der Waals surface area contributed by atoms with Crippen LogP contribution in [0.1, 0.15) is 17.5 Å². The summed E-state index contributed by atoms with van der Waals surface area (Å²) in [4.78, 5) is 18.9. The van der Waals surface area contributed by atoms with Crippen LogP contribution in [0.15, 0.2) is 30.3 Å². The van der Waals surface area contributed by atoms with E-state index in [9.17, 15) is 9.18 Å². The Morgan fingerprint density at radius 2 is 2.17 bits per heavy atom. The molecule has 2 aromatic carbocycles. The zero-order valence-corrected chi connectivity index (χ0v) is 16.6. The van der Waals surface area contributed by atoms with Gasteiger partial charge < -0.3 is 19.5 Å². The van der Waals surface area contributed by atoms with Crippen LogP contribution in [-0.4, -0.2) is 31.0 Å². The molecule has 3 aliphatic heterocycles. The molecule has 3 aliphatic rings. The van der Waals surface area contributed by atoms with Crippen LogP contribution in [0.25, 0.3) is 15.8 Å². The van der Waals surface area contributed by atoms with Crippen LogP contribution in [-0.2, 0) is 11.3 Å². The van der Waals surface area contributed by atoms with Crippen molar-refractivity contribution in [3.8, 4) is 11.5 Å². The molecule has 9 heteroatoms. The summed E-state index contributed by atoms with van der Waals surface area (Å²) in [5.41, 5.74) is 3.84. The minimum atomic E-state index is -0.394. The number of fused-ring (bicyclic) bond motifs is 4. The van der Waals surface area contributed by atoms with Crippen LogP contribution >= 0.6 is 11.3 Å². The van der Waals surface area contributed by atoms with E-state index in [0.29, 0.717) is 54.0 Å². The van der Waals surface area contributed by atoms with E-state index >= 15 is 0 Å². The fourth-order valence-electron chi connectivity index (χ4n) is 4.05. The van der Waals surface area contributed by atoms with Crippen LogP contribution in [0.2, 0.25) is 0 Å². The number of rotatable bonds is 2. The number of aromatic nitrogens is 1. The fourth-order valence-corrected chi connectivity index (χ4v) is 5.03. The number of benzene rings is 2. The molecule has 6 rings (SSSR count). The SMILES string of the molecule is O=C1NCc2c(C3=CCOCC3)cc(F)cc2N1c1nc2c3c(ccc2s1)OCO3. The number of amides is 2. The quantitative estimate of drug-likeness (QED) is 0.662. The molecule has 0 spiro atoms. The van der Waals surface area contributed by atoms with Crippen LogP contribution in [0, 0.1) is 5.82 Å². The lowest BCUT2D eigenvalue weighted by Gasteiger charge is -2.30. The molecule has 0 saturated carbocycles. The average Bonchev–Trinajstić information content (AvgIpc) is 3.40. The molecule has 7 nitrogen and oxygen atoms in total. The van der Waals surface area contributed by atoms with Crippen molar-refractivity contribution < 1.29 is 23.4 Å². The van der Waals surface area contributed by atoms with E-state index in [1.165, 1.54) is 28.4 Å². The van der Waals surface area contributed by atoms with Gasteiger partial charge in [-0.2, -0.15) is 0 Å². The van der Waals surface area contributed by atoms with Crippen molar-refractivity contribution in [1.82, 2.24) is 10.3 Å². The lowest BCUT2D eigenvalue weighted by Crippen LogP contribution is -2.41. The van der Waals surface area contributed by atoms with Gasteiger partial charge in [-0.1, -0.05) is 17.4 Å². The standard InChI is InChI=1S/C21H16FN3O4S/c22-12-7-13(11-3-5-27-6-4-11)14-9-23-20(26)25(15(14)8-12)21-24-18-17(30-21)2-1-16-19(18)29-10-28-16/h1-3,7-8H,4-6,9-10H2,(H,23,26). The number of halogens is 1. The van der Waals surface area contributed by atoms with Crippen molar-refractivity contribution in [2.45, 2.75) is 13.0 Å². The van der Waals surface area contributed by atoms with E-state index in [4.69, 9.17) is 14.2 Å². The van der Waals surface area contributed by atoms with Gasteiger partial charge in [-0.05, 0) is 41.8 Å². The average molecular weight is 425 g/mol. The molecule has 1 aromatic heterocycles. The topological polar surface area (TPSA) is 72.9 Å². The number of anilines is 2. The van der Waals surface area contributed by atoms with Crippen molar-refractivity contribution in [3.05, 3.63) is 47.3 Å². The van der Waals surface area contributed by atoms with Crippen LogP contribution < -0.4 is 19.7 Å². The number of ether oxygens (including phenoxy) is 3. The van der Waals surface area contributed by atoms with Gasteiger partial charge in [0.15, 0.2) is 16.6 Å². The normalized spacial score (nSPS) is 17.7. The number of carbonyl (C=O) groups excluding carboxylic acids is 1. The third-order valence-corrected chi connectivity index (χ3v) is 6.44. The smallest absolute Gasteiger partial charge is 0.328 e. The van der Waals surface area contributed by atoms with Crippen LogP contribution in [0.4, 0.5) is 20.0 Å². The highest BCUT2D eigenvalue weighted by Crippen LogP contribution is 2.45. The number of nitrogens with one attached hydrogen (secondary N) is 1. The van der Waals surface area contributed by atoms with Gasteiger partial charge in [-0.3, -0.25) is 0 Å². The van der Waals surface area contributed by atoms with E-state index in [2.05, 4.69) is 10.3 Å². The summed E-state index contributed by atoms with van der Waals surface area (Å²) in [5.74, 6) is 0.803. The Kier molecular flexibility index (Phi) is 3.93. The van der Waals surface area contributed by atoms with Crippen LogP contribution in [0.5, 0.6) is 11.5 Å². The van der Waals surface area contributed by atoms with Gasteiger partial charge in [0.1, 0.15) is 11.3 Å². The summed E-state index contributed by atoms with van der Waals surface area (Å²) in [6, 6.07) is 6.30. The molecule has 3 aromatic rings. The lowest BCUT2D eigenvalue weighted by molar-refractivity contribution is 0.161. The molecule has 0 unspecified atom stereocenters. The molecular formula is C21H16FN3O4S. The first-order valence-electron chi connectivity index (χ1n) is 9.56. The van der Waals surface area contributed by atoms with Crippen LogP contribution in [0.3, 0.4) is 0 Å². The number of thiazole rings is 1. The highest BCUT2D eigenvalue weighted by molar-refractivity contribution is 7.22. The predicted octanol–water partition coefficient (Wildman–Crippen LogP) is 4.33. The molecule has 0 saturated heterocycles. The Balaban J connectivity index is 1.52. The highest BCUT2D eigenvalue weighted by atomic mass is 32.1. The minimum Gasteiger partial charge on any atom is -0.454 e. The first kappa shape index (κ1) is 17.7. The highest BCUT2D eigenvalue weighted by Gasteiger charge is 2.32. The molecule has 0 radical (unpaired) electrons. The second-order valence-corrected chi connectivity index (χ2v) is 8.15. The third kappa shape index (κ3) is 2.66. The molecule has 2 amide bonds. The summed E-state index contributed by atoms with van der Waals surface area (Å²) in [7, 11) is 0. The zero-order chi connectivity index (χ0) is 20.2. The van der Waals surface area contributed by atoms with Gasteiger partial charge in [0.25, 0.3) is 0 Å². The summed E-state index contributed by atoms with van der Waals surface area (Å²) in [6.45, 7) is 1.57. The monoisotopic (exact) mass is 425 g/mol. The van der Waals surface area contributed by atoms with Gasteiger partial charge in [-0.15, -0.1) is 0 Å². The Bertz CT molecular complexity index is 1240. The zero-order valence-electron chi connectivity index (χ0n) is 15.7. The first-order chi connectivity index (χ1) is 14.7. The maximum atomic E-state index is 14.6. The predicted molar refractivity (Wildman–Crippen MR) is 110 cm³/mol. The molecule has 1 N–H and O–H groups in total.